The molecule has 1 fully saturated rings. The molecule has 0 saturated carbocycles. The summed E-state index contributed by atoms with van der Waals surface area (Å²) < 4.78 is 48.6. The largest absolute Gasteiger partial charge is 0.442 e. The van der Waals surface area contributed by atoms with Crippen molar-refractivity contribution in [3.8, 4) is 0 Å². The summed E-state index contributed by atoms with van der Waals surface area (Å²) in [7, 11) is 1.08. The van der Waals surface area contributed by atoms with Gasteiger partial charge in [0.1, 0.15) is 11.9 Å². The molecule has 10 heteroatoms. The number of carbonyl (C=O) groups excluding carboxylic acids is 3. The lowest BCUT2D eigenvalue weighted by molar-refractivity contribution is -0.141. The number of likely N-dealkylation sites (N-methyl/N-ethyl adjacent to an activating group) is 1. The Balaban J connectivity index is 1.81. The average Bonchev–Trinajstić information content (AvgIpc) is 3.12. The number of fused-ring (bicyclic) bond motifs is 5. The third-order valence-electron chi connectivity index (χ3n) is 4.99. The predicted molar refractivity (Wildman–Crippen MR) is 82.6 cm³/mol. The molecule has 2 atom stereocenters. The number of amides is 3. The SMILES string of the molecule is CC(=O)NCC1OC(=O)N2c3cc(F)c4c(c3C[C@@H]12)C(F)(F)C(=O)N4C. The lowest BCUT2D eigenvalue weighted by Crippen LogP contribution is -2.40. The van der Waals surface area contributed by atoms with Gasteiger partial charge in [-0.05, 0) is 12.0 Å². The van der Waals surface area contributed by atoms with Gasteiger partial charge in [-0.15, -0.1) is 0 Å². The smallest absolute Gasteiger partial charge is 0.415 e. The van der Waals surface area contributed by atoms with Crippen LogP contribution in [0.2, 0.25) is 0 Å². The predicted octanol–water partition coefficient (Wildman–Crippen LogP) is 1.28. The molecule has 3 aliphatic rings. The number of nitrogens with one attached hydrogen (secondary N) is 1. The molecule has 1 saturated heterocycles. The van der Waals surface area contributed by atoms with Gasteiger partial charge in [-0.1, -0.05) is 0 Å². The summed E-state index contributed by atoms with van der Waals surface area (Å²) >= 11 is 0. The van der Waals surface area contributed by atoms with Gasteiger partial charge in [0.05, 0.1) is 29.5 Å². The van der Waals surface area contributed by atoms with Crippen LogP contribution in [0.1, 0.15) is 18.1 Å². The molecule has 0 radical (unpaired) electrons. The molecule has 138 valence electrons. The van der Waals surface area contributed by atoms with Crippen molar-refractivity contribution in [1.82, 2.24) is 5.32 Å². The fourth-order valence-corrected chi connectivity index (χ4v) is 3.87. The van der Waals surface area contributed by atoms with Gasteiger partial charge in [0.15, 0.2) is 0 Å². The number of hydrogen-bond acceptors (Lipinski definition) is 4. The molecule has 0 aromatic heterocycles. The number of hydrogen-bond donors (Lipinski definition) is 1. The maximum absolute atomic E-state index is 14.5. The summed E-state index contributed by atoms with van der Waals surface area (Å²) in [5, 5.41) is 2.51. The van der Waals surface area contributed by atoms with E-state index in [1.165, 1.54) is 6.92 Å². The fraction of sp³-hybridized carbons (Fsp3) is 0.438. The van der Waals surface area contributed by atoms with Crippen LogP contribution >= 0.6 is 0 Å². The van der Waals surface area contributed by atoms with E-state index in [9.17, 15) is 27.6 Å². The van der Waals surface area contributed by atoms with Gasteiger partial charge in [0.2, 0.25) is 5.91 Å². The second-order valence-corrected chi connectivity index (χ2v) is 6.52. The highest BCUT2D eigenvalue weighted by atomic mass is 19.3. The number of carbonyl (C=O) groups is 3. The quantitative estimate of drug-likeness (QED) is 0.852. The number of anilines is 2. The van der Waals surface area contributed by atoms with E-state index < -0.39 is 47.1 Å². The van der Waals surface area contributed by atoms with Crippen LogP contribution in [0.15, 0.2) is 6.07 Å². The van der Waals surface area contributed by atoms with Crippen LogP contribution in [-0.4, -0.2) is 43.6 Å². The van der Waals surface area contributed by atoms with Crippen LogP contribution in [0.4, 0.5) is 29.3 Å². The molecule has 1 unspecified atom stereocenters. The third kappa shape index (κ3) is 1.98. The van der Waals surface area contributed by atoms with Gasteiger partial charge >= 0.3 is 17.9 Å². The zero-order valence-electron chi connectivity index (χ0n) is 13.8. The van der Waals surface area contributed by atoms with Crippen molar-refractivity contribution in [3.05, 3.63) is 23.0 Å². The van der Waals surface area contributed by atoms with Crippen LogP contribution in [0.3, 0.4) is 0 Å². The van der Waals surface area contributed by atoms with Crippen molar-refractivity contribution in [2.24, 2.45) is 0 Å². The van der Waals surface area contributed by atoms with Crippen LogP contribution in [0.25, 0.3) is 0 Å². The van der Waals surface area contributed by atoms with Crippen LogP contribution in [0.5, 0.6) is 0 Å². The van der Waals surface area contributed by atoms with E-state index in [0.29, 0.717) is 4.90 Å². The Hall–Kier alpha value is -2.78. The van der Waals surface area contributed by atoms with Gasteiger partial charge in [-0.2, -0.15) is 8.78 Å². The van der Waals surface area contributed by atoms with E-state index >= 15 is 0 Å². The Morgan fingerprint density at radius 3 is 2.77 bits per heavy atom. The van der Waals surface area contributed by atoms with Crippen molar-refractivity contribution in [2.75, 3.05) is 23.4 Å². The van der Waals surface area contributed by atoms with Gasteiger partial charge in [0.25, 0.3) is 0 Å². The number of cyclic esters (lactones) is 1. The molecule has 4 rings (SSSR count). The molecule has 0 spiro atoms. The van der Waals surface area contributed by atoms with Crippen LogP contribution in [0, 0.1) is 5.82 Å². The molecule has 3 amide bonds. The van der Waals surface area contributed by atoms with E-state index in [-0.39, 0.29) is 30.1 Å². The average molecular weight is 369 g/mol. The molecule has 1 N–H and O–H groups in total. The first kappa shape index (κ1) is 16.7. The van der Waals surface area contributed by atoms with Crippen LogP contribution < -0.4 is 15.1 Å². The molecule has 26 heavy (non-hydrogen) atoms. The Kier molecular flexibility index (Phi) is 3.28. The van der Waals surface area contributed by atoms with Gasteiger partial charge < -0.3 is 15.0 Å². The first-order valence-electron chi connectivity index (χ1n) is 7.90. The van der Waals surface area contributed by atoms with Crippen LogP contribution in [-0.2, 0) is 26.7 Å². The zero-order valence-corrected chi connectivity index (χ0v) is 13.8. The molecule has 3 heterocycles. The number of rotatable bonds is 2. The molecular formula is C16H14F3N3O4. The number of nitrogens with zero attached hydrogens (tertiary/aromatic N) is 2. The maximum atomic E-state index is 14.5. The minimum absolute atomic E-state index is 0.0100. The monoisotopic (exact) mass is 369 g/mol. The molecular weight excluding hydrogens is 355 g/mol. The second-order valence-electron chi connectivity index (χ2n) is 6.52. The molecule has 0 aliphatic carbocycles. The number of alkyl halides is 2. The lowest BCUT2D eigenvalue weighted by Gasteiger charge is -2.16. The van der Waals surface area contributed by atoms with Crippen molar-refractivity contribution >= 4 is 29.3 Å². The topological polar surface area (TPSA) is 79.0 Å². The number of ether oxygens (including phenoxy) is 1. The first-order valence-corrected chi connectivity index (χ1v) is 7.90. The zero-order chi connectivity index (χ0) is 19.0. The second kappa shape index (κ2) is 5.12. The van der Waals surface area contributed by atoms with Crippen molar-refractivity contribution in [3.63, 3.8) is 0 Å². The summed E-state index contributed by atoms with van der Waals surface area (Å²) in [5.41, 5.74) is -1.13. The number of halogens is 3. The van der Waals surface area contributed by atoms with E-state index in [2.05, 4.69) is 5.32 Å². The Morgan fingerprint density at radius 1 is 1.42 bits per heavy atom. The molecule has 1 aromatic carbocycles. The highest BCUT2D eigenvalue weighted by molar-refractivity contribution is 6.08. The fourth-order valence-electron chi connectivity index (χ4n) is 3.87. The van der Waals surface area contributed by atoms with Gasteiger partial charge in [-0.3, -0.25) is 14.5 Å². The number of benzene rings is 1. The van der Waals surface area contributed by atoms with Crippen molar-refractivity contribution < 1.29 is 32.3 Å². The van der Waals surface area contributed by atoms with Crippen molar-refractivity contribution in [2.45, 2.75) is 31.4 Å². The minimum Gasteiger partial charge on any atom is -0.442 e. The summed E-state index contributed by atoms with van der Waals surface area (Å²) in [6.45, 7) is 1.30. The third-order valence-corrected chi connectivity index (χ3v) is 4.99. The summed E-state index contributed by atoms with van der Waals surface area (Å²) in [6, 6.07) is 0.313. The molecule has 1 aromatic rings. The van der Waals surface area contributed by atoms with E-state index in [1.54, 1.807) is 0 Å². The Morgan fingerprint density at radius 2 is 2.12 bits per heavy atom. The van der Waals surface area contributed by atoms with Crippen molar-refractivity contribution in [1.29, 1.82) is 0 Å². The standard InChI is InChI=1S/C16H14F3N3O4/c1-6(23)20-5-11-10-3-7-9(22(10)15(25)26-11)4-8(17)13-12(7)16(18,19)14(24)21(13)2/h4,10-11H,3,5H2,1-2H3,(H,20,23)/t10-,11?/m0/s1. The van der Waals surface area contributed by atoms with E-state index in [1.807, 2.05) is 0 Å². The lowest BCUT2D eigenvalue weighted by atomic mass is 9.96. The van der Waals surface area contributed by atoms with E-state index in [0.717, 1.165) is 18.0 Å². The highest BCUT2D eigenvalue weighted by Gasteiger charge is 2.58. The normalized spacial score (nSPS) is 25.1. The summed E-state index contributed by atoms with van der Waals surface area (Å²) in [5.74, 6) is -6.72. The molecule has 0 bridgehead atoms. The maximum Gasteiger partial charge on any atom is 0.415 e. The highest BCUT2D eigenvalue weighted by Crippen LogP contribution is 2.53. The minimum atomic E-state index is -3.87. The summed E-state index contributed by atoms with van der Waals surface area (Å²) in [6.07, 6.45) is -1.59. The molecule has 7 nitrogen and oxygen atoms in total. The first-order chi connectivity index (χ1) is 12.1. The van der Waals surface area contributed by atoms with Gasteiger partial charge in [0, 0.05) is 20.0 Å². The van der Waals surface area contributed by atoms with Gasteiger partial charge in [-0.25, -0.2) is 9.18 Å². The Labute approximate surface area is 145 Å². The Bertz CT molecular complexity index is 873. The van der Waals surface area contributed by atoms with E-state index in [4.69, 9.17) is 4.74 Å². The summed E-state index contributed by atoms with van der Waals surface area (Å²) in [4.78, 5) is 36.8. The molecule has 3 aliphatic heterocycles.